The molecule has 2 nitrogen and oxygen atoms in total. The van der Waals surface area contributed by atoms with Crippen molar-refractivity contribution in [2.45, 2.75) is 188 Å². The van der Waals surface area contributed by atoms with E-state index in [0.29, 0.717) is 5.56 Å². The molecule has 0 N–H and O–H groups in total. The molecule has 0 atom stereocenters. The van der Waals surface area contributed by atoms with Crippen LogP contribution in [0.4, 0.5) is 34.1 Å². The summed E-state index contributed by atoms with van der Waals surface area (Å²) in [5.41, 5.74) is 21.7. The van der Waals surface area contributed by atoms with Gasteiger partial charge in [0.25, 0.3) is 6.71 Å². The van der Waals surface area contributed by atoms with E-state index in [1.807, 2.05) is 12.1 Å². The molecule has 0 fully saturated rings. The molecule has 10 rings (SSSR count). The highest BCUT2D eigenvalue weighted by Gasteiger charge is 2.48. The third kappa shape index (κ3) is 7.42. The Morgan fingerprint density at radius 3 is 1.53 bits per heavy atom. The average molecular weight is 902 g/mol. The van der Waals surface area contributed by atoms with Gasteiger partial charge < -0.3 is 9.80 Å². The van der Waals surface area contributed by atoms with Gasteiger partial charge in [0.15, 0.2) is 0 Å². The zero-order valence-corrected chi connectivity index (χ0v) is 44.6. The molecule has 352 valence electrons. The van der Waals surface area contributed by atoms with Gasteiger partial charge in [-0.05, 0) is 185 Å². The van der Waals surface area contributed by atoms with Crippen molar-refractivity contribution in [3.63, 3.8) is 0 Å². The van der Waals surface area contributed by atoms with Crippen LogP contribution in [-0.4, -0.2) is 6.71 Å². The molecule has 68 heavy (non-hydrogen) atoms. The van der Waals surface area contributed by atoms with Crippen molar-refractivity contribution >= 4 is 57.2 Å². The summed E-state index contributed by atoms with van der Waals surface area (Å²) in [5, 5.41) is 0. The summed E-state index contributed by atoms with van der Waals surface area (Å²) in [6, 6.07) is 39.7. The Labute approximate surface area is 416 Å². The maximum Gasteiger partial charge on any atom is 0.252 e. The number of fused-ring (bicyclic) bond motifs is 6. The smallest absolute Gasteiger partial charge is 0.252 e. The van der Waals surface area contributed by atoms with Gasteiger partial charge in [0.05, 0.1) is 5.69 Å². The standard InChI is InChI=1S/C65H79BN2/c1-40-32-56-58-57(33-40)68(53-26-22-43(60(5,6)7)35-46(53)41-20-19-21-42(34-41)59(2,3)4)54-27-23-44(61(8,9)10)36-51(54)66(58)52-38-49-50(65(17,18)31-30-64(49,15)16)39-55(52)67(56)45-24-25-47-48(37-45)63(13,14)29-28-62(47,11)12/h19-27,32-39H,28-31H2,1-18H3/i1D3. The lowest BCUT2D eigenvalue weighted by molar-refractivity contribution is 0.332. The number of benzene rings is 6. The molecule has 0 bridgehead atoms. The van der Waals surface area contributed by atoms with Gasteiger partial charge in [-0.25, -0.2) is 0 Å². The van der Waals surface area contributed by atoms with Crippen molar-refractivity contribution in [2.24, 2.45) is 0 Å². The molecule has 2 aliphatic heterocycles. The average Bonchev–Trinajstić information content (AvgIpc) is 3.27. The highest BCUT2D eigenvalue weighted by atomic mass is 15.2. The molecule has 0 amide bonds. The van der Waals surface area contributed by atoms with Gasteiger partial charge in [-0.1, -0.05) is 172 Å². The SMILES string of the molecule is [2H]C([2H])([2H])c1cc2c3c(c1)N(c1ccc(C(C)(C)C)cc1-c1cccc(C(C)(C)C)c1)c1ccc(C(C)(C)C)cc1B3c1cc3c(cc1N2c1ccc2c(c1)C(C)(C)CCC2(C)C)C(C)(C)CCC3(C)C. The molecule has 0 unspecified atom stereocenters. The molecule has 2 aliphatic carbocycles. The molecular formula is C65H79BN2. The summed E-state index contributed by atoms with van der Waals surface area (Å²) in [5.74, 6) is 0. The molecule has 0 saturated carbocycles. The van der Waals surface area contributed by atoms with Crippen LogP contribution in [0.5, 0.6) is 0 Å². The monoisotopic (exact) mass is 902 g/mol. The number of aryl methyl sites for hydroxylation is 1. The van der Waals surface area contributed by atoms with Crippen LogP contribution >= 0.6 is 0 Å². The summed E-state index contributed by atoms with van der Waals surface area (Å²) in [6.07, 6.45) is 4.45. The first kappa shape index (κ1) is 43.0. The van der Waals surface area contributed by atoms with Crippen molar-refractivity contribution in [3.8, 4) is 11.1 Å². The Kier molecular flexibility index (Phi) is 9.49. The molecule has 0 spiro atoms. The molecular weight excluding hydrogens is 820 g/mol. The summed E-state index contributed by atoms with van der Waals surface area (Å²) in [7, 11) is 0. The van der Waals surface area contributed by atoms with Gasteiger partial charge in [0, 0.05) is 38.1 Å². The van der Waals surface area contributed by atoms with Gasteiger partial charge >= 0.3 is 0 Å². The first-order valence-electron chi connectivity index (χ1n) is 27.2. The van der Waals surface area contributed by atoms with Gasteiger partial charge in [-0.3, -0.25) is 0 Å². The van der Waals surface area contributed by atoms with Crippen LogP contribution in [0.1, 0.15) is 192 Å². The molecule has 2 heterocycles. The third-order valence-corrected chi connectivity index (χ3v) is 17.1. The predicted molar refractivity (Wildman–Crippen MR) is 297 cm³/mol. The number of rotatable bonds is 3. The summed E-state index contributed by atoms with van der Waals surface area (Å²) < 4.78 is 27.8. The van der Waals surface area contributed by atoms with Crippen molar-refractivity contribution in [1.29, 1.82) is 0 Å². The van der Waals surface area contributed by atoms with E-state index in [0.717, 1.165) is 76.4 Å². The molecule has 4 aliphatic rings. The fourth-order valence-electron chi connectivity index (χ4n) is 12.4. The minimum atomic E-state index is -2.38. The van der Waals surface area contributed by atoms with Crippen molar-refractivity contribution in [3.05, 3.63) is 148 Å². The highest BCUT2D eigenvalue weighted by Crippen LogP contribution is 2.53. The fourth-order valence-corrected chi connectivity index (χ4v) is 12.4. The molecule has 0 saturated heterocycles. The molecule has 6 aromatic carbocycles. The summed E-state index contributed by atoms with van der Waals surface area (Å²) >= 11 is 0. The van der Waals surface area contributed by atoms with Crippen LogP contribution in [0.2, 0.25) is 0 Å². The van der Waals surface area contributed by atoms with Gasteiger partial charge in [0.1, 0.15) is 0 Å². The summed E-state index contributed by atoms with van der Waals surface area (Å²) in [4.78, 5) is 4.94. The predicted octanol–water partition coefficient (Wildman–Crippen LogP) is 16.3. The Morgan fingerprint density at radius 1 is 0.441 bits per heavy atom. The number of hydrogen-bond acceptors (Lipinski definition) is 2. The van der Waals surface area contributed by atoms with Crippen LogP contribution in [0.15, 0.2) is 103 Å². The number of nitrogens with zero attached hydrogens (tertiary/aromatic N) is 2. The van der Waals surface area contributed by atoms with Crippen molar-refractivity contribution < 1.29 is 4.11 Å². The normalized spacial score (nSPS) is 19.4. The minimum Gasteiger partial charge on any atom is -0.311 e. The van der Waals surface area contributed by atoms with Crippen LogP contribution < -0.4 is 26.2 Å². The van der Waals surface area contributed by atoms with Crippen LogP contribution in [0, 0.1) is 6.85 Å². The van der Waals surface area contributed by atoms with E-state index in [-0.39, 0.29) is 44.6 Å². The largest absolute Gasteiger partial charge is 0.311 e. The Morgan fingerprint density at radius 2 is 0.941 bits per heavy atom. The third-order valence-electron chi connectivity index (χ3n) is 17.1. The fraction of sp³-hybridized carbons (Fsp3) is 0.446. The van der Waals surface area contributed by atoms with Gasteiger partial charge in [-0.2, -0.15) is 0 Å². The molecule has 3 heteroatoms. The number of hydrogen-bond donors (Lipinski definition) is 0. The summed E-state index contributed by atoms with van der Waals surface area (Å²) in [6.45, 7) is 37.5. The van der Waals surface area contributed by atoms with Gasteiger partial charge in [-0.15, -0.1) is 0 Å². The first-order valence-corrected chi connectivity index (χ1v) is 25.7. The second-order valence-corrected chi connectivity index (χ2v) is 27.1. The Bertz CT molecular complexity index is 3160. The Hall–Kier alpha value is -5.02. The van der Waals surface area contributed by atoms with E-state index in [1.54, 1.807) is 0 Å². The lowest BCUT2D eigenvalue weighted by Gasteiger charge is -2.48. The van der Waals surface area contributed by atoms with Crippen molar-refractivity contribution in [2.75, 3.05) is 9.80 Å². The van der Waals surface area contributed by atoms with E-state index in [4.69, 9.17) is 0 Å². The van der Waals surface area contributed by atoms with E-state index >= 15 is 0 Å². The van der Waals surface area contributed by atoms with E-state index < -0.39 is 6.85 Å². The van der Waals surface area contributed by atoms with E-state index in [1.165, 1.54) is 49.9 Å². The molecule has 0 aromatic heterocycles. The lowest BCUT2D eigenvalue weighted by atomic mass is 9.33. The minimum absolute atomic E-state index is 0.0249. The second-order valence-electron chi connectivity index (χ2n) is 27.1. The molecule has 6 aromatic rings. The van der Waals surface area contributed by atoms with Crippen LogP contribution in [0.25, 0.3) is 11.1 Å². The zero-order valence-electron chi connectivity index (χ0n) is 47.6. The highest BCUT2D eigenvalue weighted by molar-refractivity contribution is 7.00. The first-order chi connectivity index (χ1) is 32.7. The second kappa shape index (κ2) is 15.0. The molecule has 0 radical (unpaired) electrons. The Balaban J connectivity index is 1.37. The van der Waals surface area contributed by atoms with Gasteiger partial charge in [0.2, 0.25) is 0 Å². The maximum atomic E-state index is 9.25. The zero-order chi connectivity index (χ0) is 51.6. The topological polar surface area (TPSA) is 6.48 Å². The van der Waals surface area contributed by atoms with E-state index in [2.05, 4.69) is 218 Å². The van der Waals surface area contributed by atoms with Crippen molar-refractivity contribution in [1.82, 2.24) is 0 Å². The number of anilines is 6. The van der Waals surface area contributed by atoms with Crippen LogP contribution in [0.3, 0.4) is 0 Å². The van der Waals surface area contributed by atoms with Crippen LogP contribution in [-0.2, 0) is 37.9 Å². The maximum absolute atomic E-state index is 9.25. The van der Waals surface area contributed by atoms with E-state index in [9.17, 15) is 4.11 Å². The lowest BCUT2D eigenvalue weighted by Crippen LogP contribution is -2.62. The quantitative estimate of drug-likeness (QED) is 0.163.